The number of allylic oxidation sites excluding steroid dienone is 2. The Bertz CT molecular complexity index is 916. The van der Waals surface area contributed by atoms with E-state index < -0.39 is 0 Å². The van der Waals surface area contributed by atoms with Gasteiger partial charge in [-0.05, 0) is 12.8 Å². The number of rotatable bonds is 5. The third kappa shape index (κ3) is 4.11. The highest BCUT2D eigenvalue weighted by atomic mass is 16.1. The maximum atomic E-state index is 12.8. The Labute approximate surface area is 165 Å². The molecule has 2 aliphatic rings. The second-order valence-electron chi connectivity index (χ2n) is 7.43. The SMILES string of the molecule is O=C(/C=C1\N[C@@H]2CCCC[C@@H]2N=C1CC(=O)c1ccccc1)c1ccccc1. The van der Waals surface area contributed by atoms with Gasteiger partial charge in [0, 0.05) is 23.2 Å². The average molecular weight is 372 g/mol. The Morgan fingerprint density at radius 3 is 2.29 bits per heavy atom. The highest BCUT2D eigenvalue weighted by Crippen LogP contribution is 2.27. The highest BCUT2D eigenvalue weighted by Gasteiger charge is 2.31. The summed E-state index contributed by atoms with van der Waals surface area (Å²) in [5, 5.41) is 3.52. The molecule has 1 aliphatic heterocycles. The predicted molar refractivity (Wildman–Crippen MR) is 111 cm³/mol. The maximum absolute atomic E-state index is 12.8. The van der Waals surface area contributed by atoms with E-state index in [0.717, 1.165) is 19.3 Å². The van der Waals surface area contributed by atoms with Crippen molar-refractivity contribution in [2.45, 2.75) is 44.2 Å². The molecule has 142 valence electrons. The smallest absolute Gasteiger partial charge is 0.187 e. The van der Waals surface area contributed by atoms with Crippen LogP contribution in [0.25, 0.3) is 0 Å². The van der Waals surface area contributed by atoms with Crippen LogP contribution in [0.1, 0.15) is 52.8 Å². The van der Waals surface area contributed by atoms with Crippen LogP contribution in [0.5, 0.6) is 0 Å². The number of carbonyl (C=O) groups excluding carboxylic acids is 2. The van der Waals surface area contributed by atoms with Crippen molar-refractivity contribution in [1.82, 2.24) is 5.32 Å². The summed E-state index contributed by atoms with van der Waals surface area (Å²) in [4.78, 5) is 30.4. The molecular weight excluding hydrogens is 348 g/mol. The van der Waals surface area contributed by atoms with Crippen LogP contribution in [0, 0.1) is 0 Å². The largest absolute Gasteiger partial charge is 0.379 e. The van der Waals surface area contributed by atoms with E-state index in [1.165, 1.54) is 6.42 Å². The fourth-order valence-corrected chi connectivity index (χ4v) is 3.95. The molecule has 0 unspecified atom stereocenters. The summed E-state index contributed by atoms with van der Waals surface area (Å²) in [6, 6.07) is 18.9. The Balaban J connectivity index is 1.63. The number of benzene rings is 2. The number of nitrogens with zero attached hydrogens (tertiary/aromatic N) is 1. The number of nitrogens with one attached hydrogen (secondary N) is 1. The number of aliphatic imine (C=N–C) groups is 1. The van der Waals surface area contributed by atoms with Crippen molar-refractivity contribution in [2.24, 2.45) is 4.99 Å². The van der Waals surface area contributed by atoms with Crippen molar-refractivity contribution in [3.63, 3.8) is 0 Å². The zero-order valence-electron chi connectivity index (χ0n) is 15.8. The van der Waals surface area contributed by atoms with Crippen LogP contribution in [0.15, 0.2) is 77.4 Å². The molecule has 0 radical (unpaired) electrons. The molecule has 1 heterocycles. The van der Waals surface area contributed by atoms with Crippen LogP contribution >= 0.6 is 0 Å². The number of hydrogen-bond donors (Lipinski definition) is 1. The van der Waals surface area contributed by atoms with Gasteiger partial charge >= 0.3 is 0 Å². The normalized spacial score (nSPS) is 22.7. The maximum Gasteiger partial charge on any atom is 0.187 e. The van der Waals surface area contributed by atoms with Gasteiger partial charge in [-0.3, -0.25) is 14.6 Å². The molecule has 4 rings (SSSR count). The molecule has 4 nitrogen and oxygen atoms in total. The molecule has 2 aromatic rings. The number of ketones is 2. The number of fused-ring (bicyclic) bond motifs is 1. The lowest BCUT2D eigenvalue weighted by Gasteiger charge is -2.36. The molecule has 1 saturated carbocycles. The molecular formula is C24H24N2O2. The zero-order chi connectivity index (χ0) is 19.3. The van der Waals surface area contributed by atoms with Crippen molar-refractivity contribution < 1.29 is 9.59 Å². The summed E-state index contributed by atoms with van der Waals surface area (Å²) < 4.78 is 0. The Kier molecular flexibility index (Phi) is 5.47. The van der Waals surface area contributed by atoms with Crippen LogP contribution in [0.2, 0.25) is 0 Å². The van der Waals surface area contributed by atoms with Crippen LogP contribution in [0.3, 0.4) is 0 Å². The van der Waals surface area contributed by atoms with Gasteiger partial charge in [-0.25, -0.2) is 0 Å². The molecule has 0 saturated heterocycles. The minimum Gasteiger partial charge on any atom is -0.379 e. The molecule has 1 fully saturated rings. The van der Waals surface area contributed by atoms with Crippen LogP contribution in [-0.4, -0.2) is 29.4 Å². The van der Waals surface area contributed by atoms with Gasteiger partial charge in [-0.15, -0.1) is 0 Å². The van der Waals surface area contributed by atoms with Crippen molar-refractivity contribution >= 4 is 17.3 Å². The van der Waals surface area contributed by atoms with E-state index >= 15 is 0 Å². The Hall–Kier alpha value is -3.01. The van der Waals surface area contributed by atoms with Crippen molar-refractivity contribution in [3.8, 4) is 0 Å². The van der Waals surface area contributed by atoms with E-state index in [2.05, 4.69) is 5.32 Å². The van der Waals surface area contributed by atoms with Gasteiger partial charge in [-0.1, -0.05) is 73.5 Å². The minimum absolute atomic E-state index is 0.0217. The summed E-state index contributed by atoms with van der Waals surface area (Å²) in [6.45, 7) is 0. The van der Waals surface area contributed by atoms with Gasteiger partial charge in [0.2, 0.25) is 0 Å². The average Bonchev–Trinajstić information content (AvgIpc) is 2.75. The van der Waals surface area contributed by atoms with Gasteiger partial charge in [0.25, 0.3) is 0 Å². The van der Waals surface area contributed by atoms with E-state index in [-0.39, 0.29) is 30.1 Å². The van der Waals surface area contributed by atoms with Crippen LogP contribution in [-0.2, 0) is 0 Å². The number of hydrogen-bond acceptors (Lipinski definition) is 4. The monoisotopic (exact) mass is 372 g/mol. The Morgan fingerprint density at radius 2 is 1.57 bits per heavy atom. The lowest BCUT2D eigenvalue weighted by atomic mass is 9.87. The second kappa shape index (κ2) is 8.34. The first kappa shape index (κ1) is 18.4. The van der Waals surface area contributed by atoms with E-state index in [1.807, 2.05) is 48.5 Å². The lowest BCUT2D eigenvalue weighted by Crippen LogP contribution is -2.47. The molecule has 1 aliphatic carbocycles. The fraction of sp³-hybridized carbons (Fsp3) is 0.292. The van der Waals surface area contributed by atoms with Crippen molar-refractivity contribution in [3.05, 3.63) is 83.6 Å². The van der Waals surface area contributed by atoms with Gasteiger partial charge in [-0.2, -0.15) is 0 Å². The van der Waals surface area contributed by atoms with E-state index in [0.29, 0.717) is 22.5 Å². The van der Waals surface area contributed by atoms with Gasteiger partial charge in [0.1, 0.15) is 0 Å². The molecule has 28 heavy (non-hydrogen) atoms. The molecule has 4 heteroatoms. The first-order valence-corrected chi connectivity index (χ1v) is 9.93. The summed E-state index contributed by atoms with van der Waals surface area (Å²) in [5.74, 6) is -0.0503. The van der Waals surface area contributed by atoms with Crippen molar-refractivity contribution in [1.29, 1.82) is 0 Å². The molecule has 2 atom stereocenters. The quantitative estimate of drug-likeness (QED) is 0.626. The van der Waals surface area contributed by atoms with E-state index in [4.69, 9.17) is 4.99 Å². The topological polar surface area (TPSA) is 58.5 Å². The van der Waals surface area contributed by atoms with Gasteiger partial charge in [0.05, 0.1) is 23.9 Å². The summed E-state index contributed by atoms with van der Waals surface area (Å²) in [7, 11) is 0. The third-order valence-electron chi connectivity index (χ3n) is 5.46. The standard InChI is InChI=1S/C24H24N2O2/c27-23(17-9-3-1-4-10-17)15-21-22(16-24(28)18-11-5-2-6-12-18)26-20-14-8-7-13-19(20)25-21/h1-6,9-12,15,19-20,25H,7-8,13-14,16H2/b21-15-/t19-,20+/m1/s1. The Morgan fingerprint density at radius 1 is 0.929 bits per heavy atom. The van der Waals surface area contributed by atoms with E-state index in [9.17, 15) is 9.59 Å². The first-order chi connectivity index (χ1) is 13.7. The van der Waals surface area contributed by atoms with E-state index in [1.54, 1.807) is 18.2 Å². The van der Waals surface area contributed by atoms with Crippen LogP contribution in [0.4, 0.5) is 0 Å². The lowest BCUT2D eigenvalue weighted by molar-refractivity contribution is 0.0997. The second-order valence-corrected chi connectivity index (χ2v) is 7.43. The van der Waals surface area contributed by atoms with Gasteiger partial charge < -0.3 is 5.32 Å². The van der Waals surface area contributed by atoms with Gasteiger partial charge in [0.15, 0.2) is 11.6 Å². The third-order valence-corrected chi connectivity index (χ3v) is 5.46. The zero-order valence-corrected chi connectivity index (χ0v) is 15.8. The molecule has 0 amide bonds. The minimum atomic E-state index is -0.0720. The summed E-state index contributed by atoms with van der Waals surface area (Å²) >= 11 is 0. The predicted octanol–water partition coefficient (Wildman–Crippen LogP) is 4.38. The van der Waals surface area contributed by atoms with Crippen molar-refractivity contribution in [2.75, 3.05) is 0 Å². The number of carbonyl (C=O) groups is 2. The fourth-order valence-electron chi connectivity index (χ4n) is 3.95. The number of Topliss-reactive ketones (excluding diaryl/α,β-unsaturated/α-hetero) is 1. The molecule has 0 bridgehead atoms. The highest BCUT2D eigenvalue weighted by molar-refractivity contribution is 6.18. The summed E-state index contributed by atoms with van der Waals surface area (Å²) in [5.41, 5.74) is 2.70. The van der Waals surface area contributed by atoms with Crippen LogP contribution < -0.4 is 5.32 Å². The molecule has 1 N–H and O–H groups in total. The first-order valence-electron chi connectivity index (χ1n) is 9.93. The molecule has 0 spiro atoms. The molecule has 2 aromatic carbocycles. The summed E-state index contributed by atoms with van der Waals surface area (Å²) in [6.07, 6.45) is 6.22. The molecule has 0 aromatic heterocycles.